The summed E-state index contributed by atoms with van der Waals surface area (Å²) in [7, 11) is 0. The van der Waals surface area contributed by atoms with E-state index in [1.165, 1.54) is 19.3 Å². The van der Waals surface area contributed by atoms with Crippen LogP contribution in [0.3, 0.4) is 0 Å². The third-order valence-corrected chi connectivity index (χ3v) is 2.92. The van der Waals surface area contributed by atoms with Gasteiger partial charge in [-0.3, -0.25) is 4.79 Å². The van der Waals surface area contributed by atoms with E-state index in [2.05, 4.69) is 13.8 Å². The minimum atomic E-state index is -0.440. The Kier molecular flexibility index (Phi) is 8.25. The van der Waals surface area contributed by atoms with Crippen LogP contribution in [0, 0.1) is 11.8 Å². The summed E-state index contributed by atoms with van der Waals surface area (Å²) in [5, 5.41) is 9.34. The van der Waals surface area contributed by atoms with E-state index in [0.717, 1.165) is 6.42 Å². The van der Waals surface area contributed by atoms with Crippen LogP contribution in [0.15, 0.2) is 0 Å². The highest BCUT2D eigenvalue weighted by Crippen LogP contribution is 2.21. The third-order valence-electron chi connectivity index (χ3n) is 2.92. The summed E-state index contributed by atoms with van der Waals surface area (Å²) in [6, 6.07) is 0. The second kappa shape index (κ2) is 8.52. The molecule has 0 fully saturated rings. The molecule has 3 heteroatoms. The molecule has 108 valence electrons. The van der Waals surface area contributed by atoms with Crippen molar-refractivity contribution in [3.8, 4) is 0 Å². The first-order valence-corrected chi connectivity index (χ1v) is 7.11. The minimum Gasteiger partial charge on any atom is -0.460 e. The van der Waals surface area contributed by atoms with Crippen LogP contribution in [0.1, 0.15) is 66.7 Å². The maximum atomic E-state index is 11.7. The van der Waals surface area contributed by atoms with E-state index in [9.17, 15) is 9.90 Å². The van der Waals surface area contributed by atoms with Gasteiger partial charge in [0.2, 0.25) is 0 Å². The van der Waals surface area contributed by atoms with Gasteiger partial charge in [-0.15, -0.1) is 0 Å². The van der Waals surface area contributed by atoms with Gasteiger partial charge in [0.05, 0.1) is 6.42 Å². The molecule has 0 aliphatic carbocycles. The lowest BCUT2D eigenvalue weighted by molar-refractivity contribution is -0.156. The number of ether oxygens (including phenoxy) is 1. The highest BCUT2D eigenvalue weighted by Gasteiger charge is 2.21. The topological polar surface area (TPSA) is 46.5 Å². The predicted octanol–water partition coefficient (Wildman–Crippen LogP) is 3.54. The molecule has 3 nitrogen and oxygen atoms in total. The minimum absolute atomic E-state index is 0.0340. The van der Waals surface area contributed by atoms with Crippen molar-refractivity contribution in [3.05, 3.63) is 0 Å². The summed E-state index contributed by atoms with van der Waals surface area (Å²) in [5.41, 5.74) is -0.440. The highest BCUT2D eigenvalue weighted by molar-refractivity contribution is 5.70. The predicted molar refractivity (Wildman–Crippen MR) is 74.3 cm³/mol. The molecule has 1 N–H and O–H groups in total. The van der Waals surface area contributed by atoms with E-state index in [-0.39, 0.29) is 18.5 Å². The van der Waals surface area contributed by atoms with E-state index in [4.69, 9.17) is 4.74 Å². The fourth-order valence-corrected chi connectivity index (χ4v) is 2.08. The van der Waals surface area contributed by atoms with E-state index in [1.807, 2.05) is 20.8 Å². The largest absolute Gasteiger partial charge is 0.460 e. The Balaban J connectivity index is 4.06. The van der Waals surface area contributed by atoms with Gasteiger partial charge < -0.3 is 9.84 Å². The average molecular weight is 258 g/mol. The molecule has 0 saturated carbocycles. The van der Waals surface area contributed by atoms with Crippen molar-refractivity contribution in [3.63, 3.8) is 0 Å². The maximum Gasteiger partial charge on any atom is 0.306 e. The molecule has 0 aromatic carbocycles. The summed E-state index contributed by atoms with van der Waals surface area (Å²) in [5.74, 6) is 0.389. The van der Waals surface area contributed by atoms with Gasteiger partial charge in [-0.2, -0.15) is 0 Å². The van der Waals surface area contributed by atoms with Crippen molar-refractivity contribution >= 4 is 5.97 Å². The van der Waals surface area contributed by atoms with Crippen LogP contribution in [0.2, 0.25) is 0 Å². The molecular weight excluding hydrogens is 228 g/mol. The Morgan fingerprint density at radius 2 is 1.94 bits per heavy atom. The van der Waals surface area contributed by atoms with E-state index >= 15 is 0 Å². The molecule has 0 saturated heterocycles. The van der Waals surface area contributed by atoms with Crippen LogP contribution in [0.4, 0.5) is 0 Å². The number of aliphatic hydroxyl groups is 1. The Morgan fingerprint density at radius 3 is 2.39 bits per heavy atom. The van der Waals surface area contributed by atoms with E-state index < -0.39 is 5.60 Å². The molecule has 0 bridgehead atoms. The first-order valence-electron chi connectivity index (χ1n) is 7.11. The smallest absolute Gasteiger partial charge is 0.306 e. The van der Waals surface area contributed by atoms with E-state index in [0.29, 0.717) is 12.3 Å². The number of carbonyl (C=O) groups excluding carboxylic acids is 1. The summed E-state index contributed by atoms with van der Waals surface area (Å²) < 4.78 is 5.28. The van der Waals surface area contributed by atoms with Crippen molar-refractivity contribution in [2.24, 2.45) is 11.8 Å². The number of aliphatic hydroxyl groups excluding tert-OH is 1. The number of carbonyl (C=O) groups is 1. The average Bonchev–Trinajstić information content (AvgIpc) is 2.22. The van der Waals surface area contributed by atoms with Gasteiger partial charge in [-0.1, -0.05) is 33.1 Å². The van der Waals surface area contributed by atoms with Crippen molar-refractivity contribution in [2.75, 3.05) is 6.61 Å². The van der Waals surface area contributed by atoms with Gasteiger partial charge in [0.1, 0.15) is 5.60 Å². The second-order valence-corrected chi connectivity index (χ2v) is 6.32. The lowest BCUT2D eigenvalue weighted by Gasteiger charge is -2.23. The zero-order valence-electron chi connectivity index (χ0n) is 12.7. The van der Waals surface area contributed by atoms with Gasteiger partial charge >= 0.3 is 5.97 Å². The van der Waals surface area contributed by atoms with E-state index in [1.54, 1.807) is 0 Å². The number of hydrogen-bond acceptors (Lipinski definition) is 3. The lowest BCUT2D eigenvalue weighted by atomic mass is 9.90. The summed E-state index contributed by atoms with van der Waals surface area (Å²) >= 11 is 0. The van der Waals surface area contributed by atoms with Gasteiger partial charge in [0.25, 0.3) is 0 Å². The fourth-order valence-electron chi connectivity index (χ4n) is 2.08. The molecule has 0 spiro atoms. The molecular formula is C15H30O3. The quantitative estimate of drug-likeness (QED) is 0.677. The Labute approximate surface area is 112 Å². The van der Waals surface area contributed by atoms with Gasteiger partial charge in [-0.25, -0.2) is 0 Å². The van der Waals surface area contributed by atoms with Crippen molar-refractivity contribution in [1.82, 2.24) is 0 Å². The SMILES string of the molecule is CCCCC(C)C[C@H](CO)CC(=O)OC(C)(C)C. The van der Waals surface area contributed by atoms with Gasteiger partial charge in [-0.05, 0) is 39.0 Å². The summed E-state index contributed by atoms with van der Waals surface area (Å²) in [6.45, 7) is 10.0. The standard InChI is InChI=1S/C15H30O3/c1-6-7-8-12(2)9-13(11-16)10-14(17)18-15(3,4)5/h12-13,16H,6-11H2,1-5H3/t12?,13-/m0/s1. The summed E-state index contributed by atoms with van der Waals surface area (Å²) in [4.78, 5) is 11.7. The zero-order chi connectivity index (χ0) is 14.2. The first-order chi connectivity index (χ1) is 8.28. The number of esters is 1. The van der Waals surface area contributed by atoms with Gasteiger partial charge in [0, 0.05) is 6.61 Å². The molecule has 2 atom stereocenters. The van der Waals surface area contributed by atoms with Crippen molar-refractivity contribution in [2.45, 2.75) is 72.3 Å². The Bertz CT molecular complexity index is 230. The number of hydrogen-bond donors (Lipinski definition) is 1. The summed E-state index contributed by atoms with van der Waals surface area (Å²) in [6.07, 6.45) is 4.80. The Morgan fingerprint density at radius 1 is 1.33 bits per heavy atom. The van der Waals surface area contributed by atoms with Crippen molar-refractivity contribution < 1.29 is 14.6 Å². The first kappa shape index (κ1) is 17.4. The molecule has 0 amide bonds. The Hall–Kier alpha value is -0.570. The van der Waals surface area contributed by atoms with Crippen molar-refractivity contribution in [1.29, 1.82) is 0 Å². The molecule has 0 aromatic rings. The molecule has 0 heterocycles. The highest BCUT2D eigenvalue weighted by atomic mass is 16.6. The lowest BCUT2D eigenvalue weighted by Crippen LogP contribution is -2.26. The molecule has 0 aliphatic rings. The molecule has 0 aliphatic heterocycles. The molecule has 1 unspecified atom stereocenters. The fraction of sp³-hybridized carbons (Fsp3) is 0.933. The molecule has 0 radical (unpaired) electrons. The van der Waals surface area contributed by atoms with Crippen LogP contribution in [-0.4, -0.2) is 23.3 Å². The number of rotatable bonds is 8. The molecule has 0 rings (SSSR count). The molecule has 18 heavy (non-hydrogen) atoms. The van der Waals surface area contributed by atoms with Crippen LogP contribution >= 0.6 is 0 Å². The third kappa shape index (κ3) is 9.46. The normalized spacial score (nSPS) is 15.2. The van der Waals surface area contributed by atoms with Crippen LogP contribution in [0.5, 0.6) is 0 Å². The van der Waals surface area contributed by atoms with Crippen LogP contribution < -0.4 is 0 Å². The molecule has 0 aromatic heterocycles. The van der Waals surface area contributed by atoms with Crippen LogP contribution in [0.25, 0.3) is 0 Å². The number of unbranched alkanes of at least 4 members (excludes halogenated alkanes) is 1. The van der Waals surface area contributed by atoms with Gasteiger partial charge in [0.15, 0.2) is 0 Å². The maximum absolute atomic E-state index is 11.7. The van der Waals surface area contributed by atoms with Crippen LogP contribution in [-0.2, 0) is 9.53 Å². The monoisotopic (exact) mass is 258 g/mol. The zero-order valence-corrected chi connectivity index (χ0v) is 12.7. The second-order valence-electron chi connectivity index (χ2n) is 6.32.